The van der Waals surface area contributed by atoms with E-state index in [-0.39, 0.29) is 44.3 Å². The summed E-state index contributed by atoms with van der Waals surface area (Å²) in [5.74, 6) is -0.223. The SMILES string of the molecule is CCCCCOc1cc(S(=O)(=O)c2cc(OCCCCC)c(O)c(OCCCCC)c2)cc(OCCCCC)c1O. The van der Waals surface area contributed by atoms with Gasteiger partial charge in [-0.2, -0.15) is 0 Å². The van der Waals surface area contributed by atoms with Gasteiger partial charge in [-0.1, -0.05) is 79.1 Å². The zero-order valence-electron chi connectivity index (χ0n) is 25.4. The van der Waals surface area contributed by atoms with Gasteiger partial charge in [-0.25, -0.2) is 8.42 Å². The molecule has 0 aliphatic heterocycles. The van der Waals surface area contributed by atoms with Gasteiger partial charge < -0.3 is 29.2 Å². The molecule has 0 aliphatic carbocycles. The Bertz CT molecular complexity index is 997. The van der Waals surface area contributed by atoms with E-state index in [1.165, 1.54) is 24.3 Å². The summed E-state index contributed by atoms with van der Waals surface area (Å²) in [6, 6.07) is 5.30. The van der Waals surface area contributed by atoms with Gasteiger partial charge >= 0.3 is 0 Å². The van der Waals surface area contributed by atoms with E-state index in [1.807, 2.05) is 0 Å². The fraction of sp³-hybridized carbons (Fsp3) is 0.625. The van der Waals surface area contributed by atoms with Crippen LogP contribution in [-0.4, -0.2) is 45.1 Å². The first-order valence-electron chi connectivity index (χ1n) is 15.3. The summed E-state index contributed by atoms with van der Waals surface area (Å²) in [7, 11) is -4.15. The third-order valence-corrected chi connectivity index (χ3v) is 8.38. The van der Waals surface area contributed by atoms with Crippen molar-refractivity contribution in [3.05, 3.63) is 24.3 Å². The molecule has 0 aliphatic rings. The number of rotatable bonds is 22. The van der Waals surface area contributed by atoms with Crippen LogP contribution < -0.4 is 18.9 Å². The molecule has 2 N–H and O–H groups in total. The molecule has 9 heteroatoms. The van der Waals surface area contributed by atoms with Gasteiger partial charge in [-0.3, -0.25) is 0 Å². The highest BCUT2D eigenvalue weighted by Crippen LogP contribution is 2.44. The van der Waals surface area contributed by atoms with Crippen LogP contribution in [0.15, 0.2) is 34.1 Å². The van der Waals surface area contributed by atoms with E-state index in [0.717, 1.165) is 77.0 Å². The Hall–Kier alpha value is -2.81. The molecule has 41 heavy (non-hydrogen) atoms. The molecule has 232 valence electrons. The minimum atomic E-state index is -4.15. The van der Waals surface area contributed by atoms with Gasteiger partial charge in [0.25, 0.3) is 0 Å². The van der Waals surface area contributed by atoms with Crippen LogP contribution in [-0.2, 0) is 9.84 Å². The Balaban J connectivity index is 2.51. The van der Waals surface area contributed by atoms with E-state index in [1.54, 1.807) is 0 Å². The molecule has 2 aromatic rings. The van der Waals surface area contributed by atoms with E-state index < -0.39 is 9.84 Å². The molecule has 0 spiro atoms. The fourth-order valence-corrected chi connectivity index (χ4v) is 5.46. The van der Waals surface area contributed by atoms with E-state index >= 15 is 0 Å². The lowest BCUT2D eigenvalue weighted by Gasteiger charge is -2.17. The Morgan fingerprint density at radius 3 is 0.951 bits per heavy atom. The van der Waals surface area contributed by atoms with Crippen LogP contribution in [0.5, 0.6) is 34.5 Å². The molecule has 0 amide bonds. The predicted molar refractivity (Wildman–Crippen MR) is 162 cm³/mol. The first-order chi connectivity index (χ1) is 19.8. The van der Waals surface area contributed by atoms with Crippen molar-refractivity contribution in [3.63, 3.8) is 0 Å². The van der Waals surface area contributed by atoms with E-state index in [9.17, 15) is 18.6 Å². The number of ether oxygens (including phenoxy) is 4. The van der Waals surface area contributed by atoms with Crippen molar-refractivity contribution in [2.45, 2.75) is 115 Å². The van der Waals surface area contributed by atoms with Gasteiger partial charge in [-0.15, -0.1) is 0 Å². The minimum Gasteiger partial charge on any atom is -0.502 e. The van der Waals surface area contributed by atoms with Crippen molar-refractivity contribution in [1.82, 2.24) is 0 Å². The number of sulfone groups is 1. The van der Waals surface area contributed by atoms with Crippen molar-refractivity contribution < 1.29 is 37.6 Å². The third kappa shape index (κ3) is 10.8. The average molecular weight is 595 g/mol. The van der Waals surface area contributed by atoms with E-state index in [4.69, 9.17) is 18.9 Å². The molecular weight excluding hydrogens is 544 g/mol. The molecule has 0 saturated heterocycles. The molecule has 2 aromatic carbocycles. The summed E-state index contributed by atoms with van der Waals surface area (Å²) < 4.78 is 51.2. The number of hydrogen-bond acceptors (Lipinski definition) is 8. The number of phenolic OH excluding ortho intramolecular Hbond substituents is 2. The highest BCUT2D eigenvalue weighted by molar-refractivity contribution is 7.91. The second-order valence-electron chi connectivity index (χ2n) is 10.3. The lowest BCUT2D eigenvalue weighted by atomic mass is 10.2. The number of aromatic hydroxyl groups is 2. The molecule has 0 heterocycles. The Morgan fingerprint density at radius 1 is 0.488 bits per heavy atom. The van der Waals surface area contributed by atoms with Gasteiger partial charge in [0.05, 0.1) is 36.2 Å². The second kappa shape index (κ2) is 18.6. The molecule has 0 aromatic heterocycles. The van der Waals surface area contributed by atoms with Crippen LogP contribution >= 0.6 is 0 Å². The maximum Gasteiger partial charge on any atom is 0.207 e. The number of benzene rings is 2. The zero-order chi connectivity index (χ0) is 30.1. The van der Waals surface area contributed by atoms with Gasteiger partial charge in [0, 0.05) is 24.3 Å². The van der Waals surface area contributed by atoms with E-state index in [2.05, 4.69) is 27.7 Å². The van der Waals surface area contributed by atoms with Crippen LogP contribution in [0, 0.1) is 0 Å². The van der Waals surface area contributed by atoms with Crippen molar-refractivity contribution in [1.29, 1.82) is 0 Å². The molecule has 0 fully saturated rings. The van der Waals surface area contributed by atoms with E-state index in [0.29, 0.717) is 26.4 Å². The first-order valence-corrected chi connectivity index (χ1v) is 16.8. The molecule has 0 saturated carbocycles. The third-order valence-electron chi connectivity index (χ3n) is 6.67. The summed E-state index contributed by atoms with van der Waals surface area (Å²) >= 11 is 0. The highest BCUT2D eigenvalue weighted by atomic mass is 32.2. The van der Waals surface area contributed by atoms with Crippen LogP contribution in [0.3, 0.4) is 0 Å². The van der Waals surface area contributed by atoms with Crippen LogP contribution in [0.2, 0.25) is 0 Å². The lowest BCUT2D eigenvalue weighted by molar-refractivity contribution is 0.264. The standard InChI is InChI=1S/C32H50O8S/c1-5-9-13-17-37-27-21-25(22-28(31(27)33)38-18-14-10-6-2)41(35,36)26-23-29(39-19-15-11-7-3)32(34)30(24-26)40-20-16-12-8-4/h21-24,33-34H,5-20H2,1-4H3. The van der Waals surface area contributed by atoms with Gasteiger partial charge in [0.15, 0.2) is 23.0 Å². The Morgan fingerprint density at radius 2 is 0.732 bits per heavy atom. The summed E-state index contributed by atoms with van der Waals surface area (Å²) in [5.41, 5.74) is 0. The molecule has 0 unspecified atom stereocenters. The first kappa shape index (κ1) is 34.4. The summed E-state index contributed by atoms with van der Waals surface area (Å²) in [6.45, 7) is 9.66. The molecule has 8 nitrogen and oxygen atoms in total. The number of unbranched alkanes of at least 4 members (excludes halogenated alkanes) is 8. The highest BCUT2D eigenvalue weighted by Gasteiger charge is 2.26. The fourth-order valence-electron chi connectivity index (χ4n) is 4.14. The molecule has 0 bridgehead atoms. The van der Waals surface area contributed by atoms with Crippen LogP contribution in [0.4, 0.5) is 0 Å². The summed E-state index contributed by atoms with van der Waals surface area (Å²) in [5, 5.41) is 21.7. The van der Waals surface area contributed by atoms with Gasteiger partial charge in [0.1, 0.15) is 0 Å². The van der Waals surface area contributed by atoms with Gasteiger partial charge in [-0.05, 0) is 25.7 Å². The predicted octanol–water partition coefficient (Wildman–Crippen LogP) is 8.21. The normalized spacial score (nSPS) is 11.4. The number of hydrogen-bond donors (Lipinski definition) is 2. The van der Waals surface area contributed by atoms with Gasteiger partial charge in [0.2, 0.25) is 21.3 Å². The minimum absolute atomic E-state index is 0.0542. The lowest BCUT2D eigenvalue weighted by Crippen LogP contribution is -2.08. The quantitative estimate of drug-likeness (QED) is 0.131. The maximum atomic E-state index is 14.0. The second-order valence-corrected chi connectivity index (χ2v) is 12.2. The van der Waals surface area contributed by atoms with Crippen molar-refractivity contribution in [2.24, 2.45) is 0 Å². The number of phenols is 2. The van der Waals surface area contributed by atoms with Crippen LogP contribution in [0.1, 0.15) is 105 Å². The zero-order valence-corrected chi connectivity index (χ0v) is 26.2. The smallest absolute Gasteiger partial charge is 0.207 e. The monoisotopic (exact) mass is 594 g/mol. The van der Waals surface area contributed by atoms with Crippen LogP contribution in [0.25, 0.3) is 0 Å². The average Bonchev–Trinajstić information content (AvgIpc) is 2.96. The van der Waals surface area contributed by atoms with Crippen molar-refractivity contribution >= 4 is 9.84 Å². The van der Waals surface area contributed by atoms with Crippen molar-refractivity contribution in [3.8, 4) is 34.5 Å². The topological polar surface area (TPSA) is 112 Å². The summed E-state index contributed by atoms with van der Waals surface area (Å²) in [4.78, 5) is -0.184. The maximum absolute atomic E-state index is 14.0. The molecular formula is C32H50O8S. The molecule has 2 rings (SSSR count). The molecule has 0 radical (unpaired) electrons. The summed E-state index contributed by atoms with van der Waals surface area (Å²) in [6.07, 6.45) is 10.9. The molecule has 0 atom stereocenters. The van der Waals surface area contributed by atoms with Crippen molar-refractivity contribution in [2.75, 3.05) is 26.4 Å². The Labute approximate surface area is 246 Å². The Kier molecular flexibility index (Phi) is 15.6. The largest absolute Gasteiger partial charge is 0.502 e.